The van der Waals surface area contributed by atoms with Gasteiger partial charge in [-0.15, -0.1) is 0 Å². The van der Waals surface area contributed by atoms with E-state index in [2.05, 4.69) is 38.1 Å². The Morgan fingerprint density at radius 2 is 2.00 bits per heavy atom. The van der Waals surface area contributed by atoms with Crippen molar-refractivity contribution in [2.75, 3.05) is 30.3 Å². The lowest BCUT2D eigenvalue weighted by Gasteiger charge is -2.21. The van der Waals surface area contributed by atoms with Gasteiger partial charge in [0, 0.05) is 42.4 Å². The van der Waals surface area contributed by atoms with E-state index in [1.807, 2.05) is 32.9 Å². The fraction of sp³-hybridized carbons (Fsp3) is 0.345. The van der Waals surface area contributed by atoms with Crippen LogP contribution in [0.3, 0.4) is 0 Å². The van der Waals surface area contributed by atoms with E-state index in [0.29, 0.717) is 48.7 Å². The average molecular weight is 510 g/mol. The highest BCUT2D eigenvalue weighted by atomic mass is 16.3. The van der Waals surface area contributed by atoms with Gasteiger partial charge in [0.2, 0.25) is 11.9 Å². The summed E-state index contributed by atoms with van der Waals surface area (Å²) in [4.78, 5) is 20.5. The molecule has 2 aromatic carbocycles. The molecule has 9 nitrogen and oxygen atoms in total. The van der Waals surface area contributed by atoms with E-state index < -0.39 is 5.41 Å². The van der Waals surface area contributed by atoms with Crippen LogP contribution in [0.5, 0.6) is 0 Å². The SMILES string of the molecule is CCC(=O)NCCCc1cc(C)c(Nc2nccc(-c3cc(C#N)c4c(c3)[C@@](C)(CO)CN4)n2)cc1C#N. The number of aromatic nitrogens is 2. The summed E-state index contributed by atoms with van der Waals surface area (Å²) in [5, 5.41) is 38.8. The molecule has 9 heteroatoms. The lowest BCUT2D eigenvalue weighted by atomic mass is 9.83. The zero-order valence-electron chi connectivity index (χ0n) is 21.9. The van der Waals surface area contributed by atoms with Gasteiger partial charge < -0.3 is 21.1 Å². The smallest absolute Gasteiger partial charge is 0.227 e. The molecule has 38 heavy (non-hydrogen) atoms. The Morgan fingerprint density at radius 3 is 2.71 bits per heavy atom. The zero-order valence-corrected chi connectivity index (χ0v) is 21.9. The molecule has 1 aliphatic heterocycles. The summed E-state index contributed by atoms with van der Waals surface area (Å²) in [5.41, 5.74) is 6.22. The largest absolute Gasteiger partial charge is 0.395 e. The zero-order chi connectivity index (χ0) is 27.3. The fourth-order valence-electron chi connectivity index (χ4n) is 4.61. The predicted molar refractivity (Wildman–Crippen MR) is 146 cm³/mol. The molecule has 0 radical (unpaired) electrons. The van der Waals surface area contributed by atoms with E-state index >= 15 is 0 Å². The Kier molecular flexibility index (Phi) is 7.90. The molecular formula is C29H31N7O2. The Hall–Kier alpha value is -4.47. The van der Waals surface area contributed by atoms with E-state index in [1.54, 1.807) is 24.4 Å². The lowest BCUT2D eigenvalue weighted by Crippen LogP contribution is -2.28. The number of aliphatic hydroxyl groups excluding tert-OH is 1. The predicted octanol–water partition coefficient (Wildman–Crippen LogP) is 4.07. The molecule has 0 spiro atoms. The van der Waals surface area contributed by atoms with Crippen LogP contribution in [0.2, 0.25) is 0 Å². The van der Waals surface area contributed by atoms with Crippen LogP contribution in [-0.2, 0) is 16.6 Å². The first-order valence-corrected chi connectivity index (χ1v) is 12.7. The maximum absolute atomic E-state index is 11.4. The van der Waals surface area contributed by atoms with Crippen molar-refractivity contribution in [2.24, 2.45) is 0 Å². The Bertz CT molecular complexity index is 1450. The van der Waals surface area contributed by atoms with Crippen molar-refractivity contribution in [1.29, 1.82) is 10.5 Å². The summed E-state index contributed by atoms with van der Waals surface area (Å²) in [5.74, 6) is 0.387. The topological polar surface area (TPSA) is 147 Å². The Morgan fingerprint density at radius 1 is 1.21 bits per heavy atom. The Labute approximate surface area is 222 Å². The monoisotopic (exact) mass is 509 g/mol. The third-order valence-electron chi connectivity index (χ3n) is 6.95. The van der Waals surface area contributed by atoms with Gasteiger partial charge in [0.1, 0.15) is 6.07 Å². The summed E-state index contributed by atoms with van der Waals surface area (Å²) in [7, 11) is 0. The van der Waals surface area contributed by atoms with Crippen molar-refractivity contribution >= 4 is 23.2 Å². The fourth-order valence-corrected chi connectivity index (χ4v) is 4.61. The van der Waals surface area contributed by atoms with Crippen LogP contribution in [-0.4, -0.2) is 40.7 Å². The van der Waals surface area contributed by atoms with Gasteiger partial charge in [-0.1, -0.05) is 19.9 Å². The number of aliphatic hydroxyl groups is 1. The number of hydrogen-bond acceptors (Lipinski definition) is 8. The van der Waals surface area contributed by atoms with Crippen molar-refractivity contribution in [3.63, 3.8) is 0 Å². The molecule has 1 atom stereocenters. The quantitative estimate of drug-likeness (QED) is 0.316. The Balaban J connectivity index is 1.58. The first-order valence-electron chi connectivity index (χ1n) is 12.7. The van der Waals surface area contributed by atoms with Gasteiger partial charge in [-0.05, 0) is 60.7 Å². The second-order valence-electron chi connectivity index (χ2n) is 9.76. The van der Waals surface area contributed by atoms with E-state index in [9.17, 15) is 20.4 Å². The number of nitriles is 2. The summed E-state index contributed by atoms with van der Waals surface area (Å²) in [6.45, 7) is 6.82. The molecular weight excluding hydrogens is 478 g/mol. The molecule has 0 fully saturated rings. The number of nitrogens with zero attached hydrogens (tertiary/aromatic N) is 4. The highest BCUT2D eigenvalue weighted by molar-refractivity contribution is 5.77. The molecule has 1 aromatic heterocycles. The van der Waals surface area contributed by atoms with Crippen LogP contribution in [0.25, 0.3) is 11.3 Å². The molecule has 0 saturated carbocycles. The minimum absolute atomic E-state index is 0.0197. The molecule has 2 heterocycles. The molecule has 194 valence electrons. The molecule has 0 bridgehead atoms. The van der Waals surface area contributed by atoms with Crippen LogP contribution in [0.4, 0.5) is 17.3 Å². The van der Waals surface area contributed by atoms with Crippen LogP contribution >= 0.6 is 0 Å². The molecule has 0 saturated heterocycles. The number of benzene rings is 2. The second kappa shape index (κ2) is 11.3. The minimum Gasteiger partial charge on any atom is -0.395 e. The number of nitrogens with one attached hydrogen (secondary N) is 3. The molecule has 3 aromatic rings. The van der Waals surface area contributed by atoms with Gasteiger partial charge in [0.25, 0.3) is 0 Å². The van der Waals surface area contributed by atoms with Gasteiger partial charge >= 0.3 is 0 Å². The number of rotatable bonds is 9. The van der Waals surface area contributed by atoms with Crippen LogP contribution in [0.1, 0.15) is 54.5 Å². The number of carbonyl (C=O) groups is 1. The van der Waals surface area contributed by atoms with Crippen LogP contribution < -0.4 is 16.0 Å². The summed E-state index contributed by atoms with van der Waals surface area (Å²) in [6.07, 6.45) is 3.53. The van der Waals surface area contributed by atoms with Gasteiger partial charge in [-0.25, -0.2) is 9.97 Å². The van der Waals surface area contributed by atoms with Crippen molar-refractivity contribution in [2.45, 2.75) is 45.4 Å². The second-order valence-corrected chi connectivity index (χ2v) is 9.76. The van der Waals surface area contributed by atoms with Gasteiger partial charge in [-0.2, -0.15) is 10.5 Å². The highest BCUT2D eigenvalue weighted by Crippen LogP contribution is 2.41. The number of anilines is 3. The molecule has 4 rings (SSSR count). The maximum atomic E-state index is 11.4. The molecule has 0 unspecified atom stereocenters. The van der Waals surface area contributed by atoms with Gasteiger partial charge in [0.15, 0.2) is 0 Å². The first kappa shape index (κ1) is 26.6. The molecule has 0 aliphatic carbocycles. The summed E-state index contributed by atoms with van der Waals surface area (Å²) < 4.78 is 0. The number of carbonyl (C=O) groups excluding carboxylic acids is 1. The number of hydrogen-bond donors (Lipinski definition) is 4. The molecule has 1 amide bonds. The third kappa shape index (κ3) is 5.44. The van der Waals surface area contributed by atoms with Crippen LogP contribution in [0, 0.1) is 29.6 Å². The van der Waals surface area contributed by atoms with Gasteiger partial charge in [-0.3, -0.25) is 4.79 Å². The van der Waals surface area contributed by atoms with Gasteiger partial charge in [0.05, 0.1) is 35.2 Å². The summed E-state index contributed by atoms with van der Waals surface area (Å²) in [6, 6.07) is 13.8. The molecule has 1 aliphatic rings. The first-order chi connectivity index (χ1) is 18.3. The van der Waals surface area contributed by atoms with E-state index in [-0.39, 0.29) is 12.5 Å². The van der Waals surface area contributed by atoms with Crippen LogP contribution in [0.15, 0.2) is 36.5 Å². The third-order valence-corrected chi connectivity index (χ3v) is 6.95. The molecule has 4 N–H and O–H groups in total. The number of amides is 1. The average Bonchev–Trinajstić information content (AvgIpc) is 3.28. The van der Waals surface area contributed by atoms with Crippen molar-refractivity contribution in [3.8, 4) is 23.4 Å². The normalized spacial score (nSPS) is 15.6. The van der Waals surface area contributed by atoms with E-state index in [4.69, 9.17) is 0 Å². The summed E-state index contributed by atoms with van der Waals surface area (Å²) >= 11 is 0. The highest BCUT2D eigenvalue weighted by Gasteiger charge is 2.36. The number of fused-ring (bicyclic) bond motifs is 1. The van der Waals surface area contributed by atoms with E-state index in [0.717, 1.165) is 40.0 Å². The number of aryl methyl sites for hydroxylation is 2. The lowest BCUT2D eigenvalue weighted by molar-refractivity contribution is -0.120. The standard InChI is InChI=1S/C29H31N7O2/c1-4-26(38)32-8-5-6-19-10-18(2)25(13-21(19)14-30)36-28-33-9-7-24(35-28)20-11-22(15-31)27-23(12-20)29(3,17-37)16-34-27/h7,9-13,34,37H,4-6,8,16-17H2,1-3H3,(H,32,38)(H,33,35,36)/t29-/m1/s1. The van der Waals surface area contributed by atoms with Crippen molar-refractivity contribution in [3.05, 3.63) is 64.3 Å². The van der Waals surface area contributed by atoms with Crippen molar-refractivity contribution in [1.82, 2.24) is 15.3 Å². The van der Waals surface area contributed by atoms with E-state index in [1.165, 1.54) is 0 Å². The minimum atomic E-state index is -0.487. The van der Waals surface area contributed by atoms with Crippen molar-refractivity contribution < 1.29 is 9.90 Å². The maximum Gasteiger partial charge on any atom is 0.227 e.